The second kappa shape index (κ2) is 9.53. The van der Waals surface area contributed by atoms with Crippen LogP contribution < -0.4 is 11.0 Å². The molecule has 2 heterocycles. The van der Waals surface area contributed by atoms with E-state index < -0.39 is 24.2 Å². The Morgan fingerprint density at radius 3 is 3.12 bits per heavy atom. The maximum atomic E-state index is 14.2. The molecule has 136 valence electrons. The second-order valence-corrected chi connectivity index (χ2v) is 5.98. The number of halogens is 1. The Kier molecular flexibility index (Phi) is 7.40. The van der Waals surface area contributed by atoms with Crippen LogP contribution in [0, 0.1) is 11.3 Å². The third-order valence-corrected chi connectivity index (χ3v) is 3.85. The van der Waals surface area contributed by atoms with Crippen LogP contribution in [0.4, 0.5) is 10.2 Å². The molecule has 1 saturated heterocycles. The largest absolute Gasteiger partial charge is 0.351 e. The average molecular weight is 372 g/mol. The number of nitrogens with zero attached hydrogens (tertiary/aromatic N) is 3. The Morgan fingerprint density at radius 2 is 2.44 bits per heavy atom. The molecular weight excluding hydrogens is 354 g/mol. The summed E-state index contributed by atoms with van der Waals surface area (Å²) < 4.78 is 31.1. The topological polar surface area (TPSA) is 115 Å². The van der Waals surface area contributed by atoms with Gasteiger partial charge in [0.05, 0.1) is 31.8 Å². The van der Waals surface area contributed by atoms with Crippen molar-refractivity contribution in [3.63, 3.8) is 0 Å². The van der Waals surface area contributed by atoms with Gasteiger partial charge in [0, 0.05) is 19.5 Å². The fourth-order valence-corrected chi connectivity index (χ4v) is 2.74. The van der Waals surface area contributed by atoms with Crippen LogP contribution in [0.15, 0.2) is 17.1 Å². The highest BCUT2D eigenvalue weighted by molar-refractivity contribution is 7.26. The summed E-state index contributed by atoms with van der Waals surface area (Å²) in [6.07, 6.45) is -1.32. The number of nitrogens with one attached hydrogen (secondary N) is 1. The van der Waals surface area contributed by atoms with E-state index in [1.165, 1.54) is 19.2 Å². The minimum absolute atomic E-state index is 0.0766. The summed E-state index contributed by atoms with van der Waals surface area (Å²) in [4.78, 5) is 26.6. The molecule has 25 heavy (non-hydrogen) atoms. The molecular formula is C14H18FN4O5P. The van der Waals surface area contributed by atoms with E-state index in [2.05, 4.69) is 10.3 Å². The van der Waals surface area contributed by atoms with Crippen molar-refractivity contribution < 1.29 is 23.0 Å². The van der Waals surface area contributed by atoms with Crippen molar-refractivity contribution in [1.29, 1.82) is 5.26 Å². The molecule has 0 radical (unpaired) electrons. The normalized spacial score (nSPS) is 23.0. The Hall–Kier alpha value is -1.92. The quantitative estimate of drug-likeness (QED) is 0.540. The summed E-state index contributed by atoms with van der Waals surface area (Å²) in [5.74, 6) is -0.266. The van der Waals surface area contributed by atoms with Gasteiger partial charge in [-0.2, -0.15) is 10.2 Å². The van der Waals surface area contributed by atoms with Crippen molar-refractivity contribution in [1.82, 2.24) is 9.55 Å². The first-order valence-electron chi connectivity index (χ1n) is 7.53. The number of carbonyl (C=O) groups excluding carboxylic acids is 1. The summed E-state index contributed by atoms with van der Waals surface area (Å²) in [7, 11) is -0.262. The van der Waals surface area contributed by atoms with Crippen LogP contribution in [0.1, 0.15) is 26.0 Å². The number of ether oxygens (including phenoxy) is 1. The standard InChI is InChI=1S/C14H18FN4O5P/c1-9(20)17-12-3-5-19(14(21)18-12)13-11(15)7-10(24-13)8-23-25-22-6-2-4-16/h3,5,10-11,13,25H,2,6-8H2,1H3,(H,17,18,20,21)/t10-,11+,13+/m0/s1. The maximum absolute atomic E-state index is 14.2. The summed E-state index contributed by atoms with van der Waals surface area (Å²) in [6.45, 7) is 1.69. The van der Waals surface area contributed by atoms with Crippen LogP contribution in [0.3, 0.4) is 0 Å². The van der Waals surface area contributed by atoms with E-state index in [0.717, 1.165) is 4.57 Å². The zero-order valence-corrected chi connectivity index (χ0v) is 14.5. The highest BCUT2D eigenvalue weighted by Crippen LogP contribution is 2.31. The summed E-state index contributed by atoms with van der Waals surface area (Å²) in [5, 5.41) is 10.7. The van der Waals surface area contributed by atoms with Gasteiger partial charge in [0.25, 0.3) is 0 Å². The lowest BCUT2D eigenvalue weighted by Crippen LogP contribution is -2.31. The third-order valence-electron chi connectivity index (χ3n) is 3.24. The molecule has 0 bridgehead atoms. The first-order valence-corrected chi connectivity index (χ1v) is 8.34. The predicted octanol–water partition coefficient (Wildman–Crippen LogP) is 1.28. The minimum atomic E-state index is -1.39. The molecule has 0 saturated carbocycles. The summed E-state index contributed by atoms with van der Waals surface area (Å²) >= 11 is 0. The third kappa shape index (κ3) is 5.83. The predicted molar refractivity (Wildman–Crippen MR) is 86.7 cm³/mol. The van der Waals surface area contributed by atoms with Crippen molar-refractivity contribution in [3.8, 4) is 6.07 Å². The molecule has 0 spiro atoms. The van der Waals surface area contributed by atoms with Crippen molar-refractivity contribution >= 4 is 20.8 Å². The summed E-state index contributed by atoms with van der Waals surface area (Å²) in [5.41, 5.74) is -0.720. The van der Waals surface area contributed by atoms with Gasteiger partial charge in [-0.05, 0) is 6.07 Å². The molecule has 1 amide bonds. The molecule has 11 heteroatoms. The molecule has 1 aliphatic heterocycles. The van der Waals surface area contributed by atoms with Crippen LogP contribution in [0.2, 0.25) is 0 Å². The fraction of sp³-hybridized carbons (Fsp3) is 0.571. The number of hydrogen-bond donors (Lipinski definition) is 1. The van der Waals surface area contributed by atoms with Gasteiger partial charge in [-0.1, -0.05) is 0 Å². The number of carbonyl (C=O) groups is 1. The van der Waals surface area contributed by atoms with Gasteiger partial charge < -0.3 is 19.1 Å². The number of aromatic nitrogens is 2. The Morgan fingerprint density at radius 1 is 1.64 bits per heavy atom. The zero-order chi connectivity index (χ0) is 18.2. The lowest BCUT2D eigenvalue weighted by atomic mass is 10.2. The molecule has 4 atom stereocenters. The van der Waals surface area contributed by atoms with Crippen LogP contribution in [0.5, 0.6) is 0 Å². The van der Waals surface area contributed by atoms with E-state index in [4.69, 9.17) is 19.0 Å². The number of nitriles is 1. The molecule has 0 aliphatic carbocycles. The molecule has 9 nitrogen and oxygen atoms in total. The van der Waals surface area contributed by atoms with Gasteiger partial charge in [0.15, 0.2) is 15.3 Å². The second-order valence-electron chi connectivity index (χ2n) is 5.24. The van der Waals surface area contributed by atoms with Gasteiger partial charge in [-0.3, -0.25) is 9.36 Å². The lowest BCUT2D eigenvalue weighted by molar-refractivity contribution is -0.114. The van der Waals surface area contributed by atoms with Crippen molar-refractivity contribution in [2.45, 2.75) is 38.3 Å². The van der Waals surface area contributed by atoms with E-state index in [1.807, 2.05) is 6.07 Å². The fourth-order valence-electron chi connectivity index (χ4n) is 2.22. The van der Waals surface area contributed by atoms with E-state index >= 15 is 0 Å². The summed E-state index contributed by atoms with van der Waals surface area (Å²) in [6, 6.07) is 3.33. The van der Waals surface area contributed by atoms with Crippen molar-refractivity contribution in [3.05, 3.63) is 22.7 Å². The molecule has 2 rings (SSSR count). The van der Waals surface area contributed by atoms with Crippen LogP contribution in [0.25, 0.3) is 0 Å². The number of hydrogen-bond acceptors (Lipinski definition) is 7. The van der Waals surface area contributed by atoms with Crippen molar-refractivity contribution in [2.75, 3.05) is 18.5 Å². The number of amides is 1. The van der Waals surface area contributed by atoms with Gasteiger partial charge in [-0.15, -0.1) is 0 Å². The molecule has 1 fully saturated rings. The Balaban J connectivity index is 1.88. The SMILES string of the molecule is CC(=O)Nc1ccn([C@@H]2O[C@H](COPOCCC#N)C[C@H]2F)c(=O)n1. The Labute approximate surface area is 145 Å². The highest BCUT2D eigenvalue weighted by Gasteiger charge is 2.37. The maximum Gasteiger partial charge on any atom is 0.351 e. The molecule has 0 aromatic carbocycles. The smallest absolute Gasteiger partial charge is 0.349 e. The van der Waals surface area contributed by atoms with E-state index in [0.29, 0.717) is 0 Å². The van der Waals surface area contributed by atoms with Gasteiger partial charge in [-0.25, -0.2) is 9.18 Å². The van der Waals surface area contributed by atoms with Gasteiger partial charge in [0.1, 0.15) is 12.0 Å². The molecule has 1 aliphatic rings. The van der Waals surface area contributed by atoms with Gasteiger partial charge >= 0.3 is 5.69 Å². The average Bonchev–Trinajstić information content (AvgIpc) is 2.91. The van der Waals surface area contributed by atoms with E-state index in [1.54, 1.807) is 0 Å². The number of rotatable bonds is 8. The molecule has 1 aromatic rings. The monoisotopic (exact) mass is 372 g/mol. The molecule has 1 N–H and O–H groups in total. The zero-order valence-electron chi connectivity index (χ0n) is 13.5. The Bertz CT molecular complexity index is 695. The first kappa shape index (κ1) is 19.4. The van der Waals surface area contributed by atoms with Gasteiger partial charge in [0.2, 0.25) is 5.91 Å². The lowest BCUT2D eigenvalue weighted by Gasteiger charge is -2.16. The van der Waals surface area contributed by atoms with Crippen molar-refractivity contribution in [2.24, 2.45) is 0 Å². The minimum Gasteiger partial charge on any atom is -0.349 e. The molecule has 1 aromatic heterocycles. The van der Waals surface area contributed by atoms with Crippen LogP contribution >= 0.6 is 9.03 Å². The van der Waals surface area contributed by atoms with Crippen LogP contribution in [-0.2, 0) is 18.6 Å². The number of alkyl halides is 1. The van der Waals surface area contributed by atoms with E-state index in [9.17, 15) is 14.0 Å². The number of anilines is 1. The van der Waals surface area contributed by atoms with E-state index in [-0.39, 0.29) is 46.8 Å². The van der Waals surface area contributed by atoms with Crippen LogP contribution in [-0.4, -0.2) is 40.9 Å². The highest BCUT2D eigenvalue weighted by atomic mass is 31.1. The first-order chi connectivity index (χ1) is 12.0. The molecule has 1 unspecified atom stereocenters.